The molecule has 0 amide bonds. The van der Waals surface area contributed by atoms with Gasteiger partial charge in [-0.1, -0.05) is 18.2 Å². The van der Waals surface area contributed by atoms with Crippen molar-refractivity contribution < 1.29 is 4.74 Å². The maximum atomic E-state index is 5.44. The van der Waals surface area contributed by atoms with Gasteiger partial charge in [-0.25, -0.2) is 19.9 Å². The van der Waals surface area contributed by atoms with Gasteiger partial charge in [0.05, 0.1) is 31.3 Å². The zero-order valence-electron chi connectivity index (χ0n) is 21.1. The van der Waals surface area contributed by atoms with Gasteiger partial charge in [0, 0.05) is 56.3 Å². The van der Waals surface area contributed by atoms with Crippen LogP contribution in [0.3, 0.4) is 0 Å². The molecule has 0 spiro atoms. The van der Waals surface area contributed by atoms with E-state index in [4.69, 9.17) is 4.74 Å². The summed E-state index contributed by atoms with van der Waals surface area (Å²) in [4.78, 5) is 29.2. The van der Waals surface area contributed by atoms with E-state index in [2.05, 4.69) is 62.4 Å². The highest BCUT2D eigenvalue weighted by molar-refractivity contribution is 5.60. The van der Waals surface area contributed by atoms with Crippen LogP contribution in [0.1, 0.15) is 0 Å². The van der Waals surface area contributed by atoms with E-state index >= 15 is 0 Å². The summed E-state index contributed by atoms with van der Waals surface area (Å²) in [6.45, 7) is 6.47. The third kappa shape index (κ3) is 5.73. The van der Waals surface area contributed by atoms with Crippen LogP contribution in [0.4, 0.5) is 40.6 Å². The average molecular weight is 511 g/mol. The number of piperazine rings is 1. The lowest BCUT2D eigenvalue weighted by molar-refractivity contribution is 0.122. The first-order chi connectivity index (χ1) is 18.8. The van der Waals surface area contributed by atoms with E-state index in [0.717, 1.165) is 75.5 Å². The molecule has 0 bridgehead atoms. The molecule has 11 nitrogen and oxygen atoms in total. The number of nitrogens with zero attached hydrogens (tertiary/aromatic N) is 8. The lowest BCUT2D eigenvalue weighted by Crippen LogP contribution is -2.47. The van der Waals surface area contributed by atoms with Crippen molar-refractivity contribution in [2.45, 2.75) is 0 Å². The fourth-order valence-electron chi connectivity index (χ4n) is 4.55. The Labute approximate surface area is 221 Å². The maximum absolute atomic E-state index is 5.44. The molecular weight excluding hydrogens is 480 g/mol. The van der Waals surface area contributed by atoms with Gasteiger partial charge in [0.2, 0.25) is 17.8 Å². The van der Waals surface area contributed by atoms with Crippen LogP contribution >= 0.6 is 0 Å². The maximum Gasteiger partial charge on any atom is 0.231 e. The molecule has 4 heterocycles. The molecule has 2 aromatic heterocycles. The second-order valence-electron chi connectivity index (χ2n) is 9.12. The van der Waals surface area contributed by atoms with E-state index in [1.165, 1.54) is 5.69 Å². The molecule has 0 atom stereocenters. The minimum atomic E-state index is 0.529. The highest BCUT2D eigenvalue weighted by Crippen LogP contribution is 2.22. The van der Waals surface area contributed by atoms with Crippen LogP contribution in [0.5, 0.6) is 0 Å². The molecule has 2 aromatic carbocycles. The number of para-hydroxylation sites is 1. The molecule has 194 valence electrons. The summed E-state index contributed by atoms with van der Waals surface area (Å²) in [6.07, 6.45) is 5.19. The number of benzene rings is 2. The zero-order chi connectivity index (χ0) is 25.6. The Hall–Kier alpha value is -4.51. The summed E-state index contributed by atoms with van der Waals surface area (Å²) in [5.41, 5.74) is 4.00. The van der Waals surface area contributed by atoms with Gasteiger partial charge >= 0.3 is 0 Å². The molecule has 38 heavy (non-hydrogen) atoms. The third-order valence-corrected chi connectivity index (χ3v) is 6.60. The Bertz CT molecular complexity index is 1310. The van der Waals surface area contributed by atoms with Crippen molar-refractivity contribution in [1.82, 2.24) is 24.9 Å². The van der Waals surface area contributed by atoms with Crippen molar-refractivity contribution >= 4 is 40.6 Å². The summed E-state index contributed by atoms with van der Waals surface area (Å²) in [5, 5.41) is 6.62. The van der Waals surface area contributed by atoms with E-state index in [9.17, 15) is 0 Å². The molecular formula is C27H30N10O. The molecule has 0 radical (unpaired) electrons. The van der Waals surface area contributed by atoms with Gasteiger partial charge in [0.25, 0.3) is 0 Å². The van der Waals surface area contributed by atoms with Crippen molar-refractivity contribution in [2.75, 3.05) is 77.8 Å². The van der Waals surface area contributed by atoms with Crippen LogP contribution in [-0.2, 0) is 4.74 Å². The quantitative estimate of drug-likeness (QED) is 0.382. The van der Waals surface area contributed by atoms with Crippen molar-refractivity contribution in [3.8, 4) is 0 Å². The van der Waals surface area contributed by atoms with Gasteiger partial charge in [-0.2, -0.15) is 4.98 Å². The minimum absolute atomic E-state index is 0.529. The normalized spacial score (nSPS) is 15.8. The number of ether oxygens (including phenoxy) is 1. The highest BCUT2D eigenvalue weighted by atomic mass is 16.5. The molecule has 0 unspecified atom stereocenters. The fourth-order valence-corrected chi connectivity index (χ4v) is 4.55. The summed E-state index contributed by atoms with van der Waals surface area (Å²) in [5.74, 6) is 1.92. The summed E-state index contributed by atoms with van der Waals surface area (Å²) in [7, 11) is 0. The first kappa shape index (κ1) is 23.9. The molecule has 2 fully saturated rings. The van der Waals surface area contributed by atoms with E-state index in [0.29, 0.717) is 11.9 Å². The molecule has 11 heteroatoms. The fraction of sp³-hybridized carbons (Fsp3) is 0.296. The third-order valence-electron chi connectivity index (χ3n) is 6.60. The second kappa shape index (κ2) is 11.3. The summed E-state index contributed by atoms with van der Waals surface area (Å²) in [6, 6.07) is 18.3. The number of aromatic nitrogens is 5. The minimum Gasteiger partial charge on any atom is -0.378 e. The largest absolute Gasteiger partial charge is 0.378 e. The van der Waals surface area contributed by atoms with E-state index in [1.54, 1.807) is 6.33 Å². The van der Waals surface area contributed by atoms with Crippen molar-refractivity contribution in [3.63, 3.8) is 0 Å². The number of hydrogen-bond donors (Lipinski definition) is 2. The van der Waals surface area contributed by atoms with E-state index in [-0.39, 0.29) is 0 Å². The predicted octanol–water partition coefficient (Wildman–Crippen LogP) is 3.31. The molecule has 4 aromatic rings. The standard InChI is InChI=1S/C27H30N10O/c1-2-4-21(5-3-1)32-23-18-28-26(29-19-23)36-10-12-37(13-11-36)27-31-20-30-25(34-27)33-22-6-8-24(9-7-22)35-14-16-38-17-15-35/h1-9,18-20,32H,10-17H2,(H,30,31,33,34). The summed E-state index contributed by atoms with van der Waals surface area (Å²) >= 11 is 0. The SMILES string of the molecule is c1ccc(Nc2cnc(N3CCN(c4ncnc(Nc5ccc(N6CCOCC6)cc5)n4)CC3)nc2)cc1. The van der Waals surface area contributed by atoms with Crippen molar-refractivity contribution in [1.29, 1.82) is 0 Å². The van der Waals surface area contributed by atoms with Crippen molar-refractivity contribution in [2.24, 2.45) is 0 Å². The molecule has 2 saturated heterocycles. The molecule has 0 saturated carbocycles. The molecule has 2 aliphatic heterocycles. The monoisotopic (exact) mass is 510 g/mol. The van der Waals surface area contributed by atoms with Crippen LogP contribution < -0.4 is 25.3 Å². The van der Waals surface area contributed by atoms with Gasteiger partial charge < -0.3 is 30.1 Å². The van der Waals surface area contributed by atoms with Crippen LogP contribution in [0.25, 0.3) is 0 Å². The van der Waals surface area contributed by atoms with Gasteiger partial charge in [-0.3, -0.25) is 0 Å². The Morgan fingerprint density at radius 2 is 1.24 bits per heavy atom. The number of morpholine rings is 1. The number of nitrogens with one attached hydrogen (secondary N) is 2. The van der Waals surface area contributed by atoms with Gasteiger partial charge in [0.1, 0.15) is 6.33 Å². The van der Waals surface area contributed by atoms with E-state index in [1.807, 2.05) is 54.9 Å². The lowest BCUT2D eigenvalue weighted by Gasteiger charge is -2.34. The zero-order valence-corrected chi connectivity index (χ0v) is 21.1. The van der Waals surface area contributed by atoms with Crippen LogP contribution in [0.15, 0.2) is 73.3 Å². The Kier molecular flexibility index (Phi) is 7.07. The first-order valence-electron chi connectivity index (χ1n) is 12.8. The van der Waals surface area contributed by atoms with Crippen LogP contribution in [0.2, 0.25) is 0 Å². The number of rotatable bonds is 7. The first-order valence-corrected chi connectivity index (χ1v) is 12.8. The highest BCUT2D eigenvalue weighted by Gasteiger charge is 2.21. The number of anilines is 7. The average Bonchev–Trinajstić information content (AvgIpc) is 2.99. The van der Waals surface area contributed by atoms with Crippen LogP contribution in [0, 0.1) is 0 Å². The Morgan fingerprint density at radius 1 is 0.579 bits per heavy atom. The van der Waals surface area contributed by atoms with Crippen LogP contribution in [-0.4, -0.2) is 77.4 Å². The Balaban J connectivity index is 1.03. The van der Waals surface area contributed by atoms with Gasteiger partial charge in [0.15, 0.2) is 0 Å². The number of hydrogen-bond acceptors (Lipinski definition) is 11. The molecule has 2 N–H and O–H groups in total. The molecule has 0 aliphatic carbocycles. The smallest absolute Gasteiger partial charge is 0.231 e. The predicted molar refractivity (Wildman–Crippen MR) is 149 cm³/mol. The second-order valence-corrected chi connectivity index (χ2v) is 9.12. The summed E-state index contributed by atoms with van der Waals surface area (Å²) < 4.78 is 5.44. The van der Waals surface area contributed by atoms with Gasteiger partial charge in [-0.15, -0.1) is 0 Å². The molecule has 2 aliphatic rings. The topological polar surface area (TPSA) is 107 Å². The lowest BCUT2D eigenvalue weighted by atomic mass is 10.2. The van der Waals surface area contributed by atoms with E-state index < -0.39 is 0 Å². The van der Waals surface area contributed by atoms with Crippen molar-refractivity contribution in [3.05, 3.63) is 73.3 Å². The Morgan fingerprint density at radius 3 is 1.95 bits per heavy atom. The molecule has 6 rings (SSSR count). The van der Waals surface area contributed by atoms with Gasteiger partial charge in [-0.05, 0) is 36.4 Å².